The number of hydrogen-bond donors (Lipinski definition) is 0. The highest BCUT2D eigenvalue weighted by Gasteiger charge is 2.18. The van der Waals surface area contributed by atoms with Crippen LogP contribution in [0.1, 0.15) is 5.48 Å². The van der Waals surface area contributed by atoms with E-state index in [0.717, 1.165) is 66.1 Å². The highest BCUT2D eigenvalue weighted by Crippen LogP contribution is 2.42. The van der Waals surface area contributed by atoms with Gasteiger partial charge in [-0.15, -0.1) is 0 Å². The number of hydrogen-bond acceptors (Lipinski definition) is 2. The summed E-state index contributed by atoms with van der Waals surface area (Å²) in [6.07, 6.45) is 0. The summed E-state index contributed by atoms with van der Waals surface area (Å²) in [6, 6.07) is 62.2. The third-order valence-corrected chi connectivity index (χ3v) is 10.1. The fourth-order valence-corrected chi connectivity index (χ4v) is 7.49. The predicted octanol–water partition coefficient (Wildman–Crippen LogP) is 14.9. The maximum absolute atomic E-state index is 9.45. The summed E-state index contributed by atoms with van der Waals surface area (Å²) < 4.78 is 43.9. The number of fused-ring (bicyclic) bond motifs is 5. The topological polar surface area (TPSA) is 16.4 Å². The number of rotatable bonds is 7. The molecule has 0 aliphatic rings. The first kappa shape index (κ1) is 27.5. The number of anilines is 3. The minimum Gasteiger partial charge on any atom is -0.455 e. The molecule has 0 bridgehead atoms. The van der Waals surface area contributed by atoms with Gasteiger partial charge in [-0.1, -0.05) is 158 Å². The Hall–Kier alpha value is -7.16. The molecule has 0 unspecified atom stereocenters. The Balaban J connectivity index is 1.14. The van der Waals surface area contributed by atoms with Crippen LogP contribution in [0.5, 0.6) is 0 Å². The second kappa shape index (κ2) is 13.4. The van der Waals surface area contributed by atoms with Gasteiger partial charge in [0.15, 0.2) is 0 Å². The van der Waals surface area contributed by atoms with Crippen LogP contribution in [-0.2, 0) is 0 Å². The van der Waals surface area contributed by atoms with Crippen LogP contribution in [0, 0.1) is 0 Å². The first-order valence-corrected chi connectivity index (χ1v) is 18.1. The van der Waals surface area contributed by atoms with Crippen molar-refractivity contribution in [3.05, 3.63) is 212 Å². The van der Waals surface area contributed by atoms with Crippen LogP contribution in [0.15, 0.2) is 217 Å². The van der Waals surface area contributed by atoms with E-state index in [-0.39, 0.29) is 35.4 Å². The Bertz CT molecular complexity index is 3130. The van der Waals surface area contributed by atoms with Gasteiger partial charge < -0.3 is 9.32 Å². The normalized spacial score (nSPS) is 12.4. The Morgan fingerprint density at radius 2 is 0.981 bits per heavy atom. The van der Waals surface area contributed by atoms with Crippen molar-refractivity contribution >= 4 is 49.8 Å². The second-order valence-electron chi connectivity index (χ2n) is 13.4. The number of benzene rings is 9. The monoisotopic (exact) mass is 693 g/mol. The highest BCUT2D eigenvalue weighted by atomic mass is 16.3. The molecular weight excluding hydrogens is 655 g/mol. The SMILES string of the molecule is [2H]c1c([2H])c(N(c2ccc(-c3cccc(-c4ccccc4)c3)cc2)c2cccc(-c3cccc4oc5c6ccccc6ccc5c34)c2)c([2H])c([2H])c1-c1ccccc1. The second-order valence-corrected chi connectivity index (χ2v) is 13.4. The summed E-state index contributed by atoms with van der Waals surface area (Å²) in [6.45, 7) is 0. The van der Waals surface area contributed by atoms with Gasteiger partial charge in [-0.25, -0.2) is 0 Å². The van der Waals surface area contributed by atoms with Gasteiger partial charge in [-0.3, -0.25) is 0 Å². The number of nitrogens with zero attached hydrogens (tertiary/aromatic N) is 1. The molecule has 2 heteroatoms. The summed E-state index contributed by atoms with van der Waals surface area (Å²) in [5.41, 5.74) is 10.3. The van der Waals surface area contributed by atoms with E-state index in [1.165, 1.54) is 0 Å². The fraction of sp³-hybridized carbons (Fsp3) is 0. The zero-order chi connectivity index (χ0) is 39.3. The van der Waals surface area contributed by atoms with Crippen molar-refractivity contribution in [2.45, 2.75) is 0 Å². The Kier molecular flexibility index (Phi) is 6.84. The molecule has 1 aromatic heterocycles. The van der Waals surface area contributed by atoms with Crippen molar-refractivity contribution in [1.82, 2.24) is 0 Å². The van der Waals surface area contributed by atoms with Crippen LogP contribution in [-0.4, -0.2) is 0 Å². The molecule has 10 aromatic rings. The molecule has 0 atom stereocenters. The molecule has 0 radical (unpaired) electrons. The molecule has 9 aromatic carbocycles. The average Bonchev–Trinajstić information content (AvgIpc) is 3.68. The van der Waals surface area contributed by atoms with Gasteiger partial charge in [-0.05, 0) is 104 Å². The number of furan rings is 1. The summed E-state index contributed by atoms with van der Waals surface area (Å²) in [4.78, 5) is 1.85. The molecule has 0 fully saturated rings. The zero-order valence-corrected chi connectivity index (χ0v) is 29.3. The van der Waals surface area contributed by atoms with Crippen molar-refractivity contribution < 1.29 is 9.90 Å². The molecular formula is C52H35NO. The maximum atomic E-state index is 9.45. The molecule has 1 heterocycles. The average molecular weight is 694 g/mol. The highest BCUT2D eigenvalue weighted by molar-refractivity contribution is 6.19. The minimum absolute atomic E-state index is 0.0976. The van der Waals surface area contributed by atoms with E-state index < -0.39 is 0 Å². The summed E-state index contributed by atoms with van der Waals surface area (Å²) in [5, 5.41) is 4.20. The molecule has 0 amide bonds. The van der Waals surface area contributed by atoms with E-state index >= 15 is 0 Å². The van der Waals surface area contributed by atoms with Crippen LogP contribution in [0.2, 0.25) is 0 Å². The summed E-state index contributed by atoms with van der Waals surface area (Å²) in [7, 11) is 0. The Labute approximate surface area is 320 Å². The lowest BCUT2D eigenvalue weighted by Gasteiger charge is -2.26. The zero-order valence-electron chi connectivity index (χ0n) is 33.3. The lowest BCUT2D eigenvalue weighted by molar-refractivity contribution is 0.673. The first-order chi connectivity index (χ1) is 28.4. The lowest BCUT2D eigenvalue weighted by Crippen LogP contribution is -2.10. The van der Waals surface area contributed by atoms with Crippen LogP contribution in [0.25, 0.3) is 77.2 Å². The molecule has 54 heavy (non-hydrogen) atoms. The molecule has 2 nitrogen and oxygen atoms in total. The molecule has 0 spiro atoms. The Morgan fingerprint density at radius 3 is 1.74 bits per heavy atom. The van der Waals surface area contributed by atoms with Crippen molar-refractivity contribution in [3.8, 4) is 44.5 Å². The van der Waals surface area contributed by atoms with E-state index in [1.807, 2.05) is 114 Å². The van der Waals surface area contributed by atoms with Crippen molar-refractivity contribution in [2.24, 2.45) is 0 Å². The van der Waals surface area contributed by atoms with Gasteiger partial charge in [0, 0.05) is 33.2 Å². The molecule has 0 saturated heterocycles. The lowest BCUT2D eigenvalue weighted by atomic mass is 9.97. The minimum atomic E-state index is -0.125. The summed E-state index contributed by atoms with van der Waals surface area (Å²) >= 11 is 0. The third kappa shape index (κ3) is 5.71. The van der Waals surface area contributed by atoms with Crippen LogP contribution in [0.3, 0.4) is 0 Å². The van der Waals surface area contributed by atoms with Gasteiger partial charge in [0.05, 0.1) is 5.48 Å². The first-order valence-electron chi connectivity index (χ1n) is 20.1. The van der Waals surface area contributed by atoms with Crippen LogP contribution >= 0.6 is 0 Å². The molecule has 10 rings (SSSR count). The van der Waals surface area contributed by atoms with E-state index in [2.05, 4.69) is 78.9 Å². The Morgan fingerprint density at radius 1 is 0.370 bits per heavy atom. The molecule has 254 valence electrons. The smallest absolute Gasteiger partial charge is 0.143 e. The summed E-state index contributed by atoms with van der Waals surface area (Å²) in [5.74, 6) is 0. The van der Waals surface area contributed by atoms with Gasteiger partial charge in [0.25, 0.3) is 0 Å². The van der Waals surface area contributed by atoms with E-state index in [4.69, 9.17) is 4.42 Å². The van der Waals surface area contributed by atoms with Gasteiger partial charge in [-0.2, -0.15) is 0 Å². The molecule has 0 aliphatic heterocycles. The van der Waals surface area contributed by atoms with Crippen molar-refractivity contribution in [1.29, 1.82) is 0 Å². The standard InChI is InChI=1S/C52H35NO/c1-3-12-36(13-4-1)38-24-29-44(30-25-38)53(45-31-26-39(27-32-45)42-18-9-17-41(34-42)37-14-5-2-6-15-37)46-20-10-19-43(35-46)47-22-11-23-50-51(47)49-33-28-40-16-7-8-21-48(40)52(49)54-50/h1-35H/i24D,25D,29D,30D. The quantitative estimate of drug-likeness (QED) is 0.165. The van der Waals surface area contributed by atoms with Gasteiger partial charge in [0.1, 0.15) is 11.2 Å². The van der Waals surface area contributed by atoms with E-state index in [1.54, 1.807) is 0 Å². The fourth-order valence-electron chi connectivity index (χ4n) is 7.49. The maximum Gasteiger partial charge on any atom is 0.143 e. The molecule has 0 N–H and O–H groups in total. The van der Waals surface area contributed by atoms with Crippen molar-refractivity contribution in [3.63, 3.8) is 0 Å². The molecule has 0 saturated carbocycles. The van der Waals surface area contributed by atoms with Gasteiger partial charge in [0.2, 0.25) is 0 Å². The van der Waals surface area contributed by atoms with Crippen LogP contribution in [0.4, 0.5) is 17.1 Å². The molecule has 0 aliphatic carbocycles. The largest absolute Gasteiger partial charge is 0.455 e. The van der Waals surface area contributed by atoms with Crippen LogP contribution < -0.4 is 4.90 Å². The van der Waals surface area contributed by atoms with E-state index in [0.29, 0.717) is 16.9 Å². The van der Waals surface area contributed by atoms with E-state index in [9.17, 15) is 5.48 Å². The van der Waals surface area contributed by atoms with Crippen molar-refractivity contribution in [2.75, 3.05) is 4.90 Å². The predicted molar refractivity (Wildman–Crippen MR) is 228 cm³/mol. The third-order valence-electron chi connectivity index (χ3n) is 10.1. The van der Waals surface area contributed by atoms with Gasteiger partial charge >= 0.3 is 0 Å².